The van der Waals surface area contributed by atoms with Crippen molar-refractivity contribution in [2.24, 2.45) is 0 Å². The fourth-order valence-electron chi connectivity index (χ4n) is 1.72. The van der Waals surface area contributed by atoms with Gasteiger partial charge in [0, 0.05) is 19.3 Å². The molecule has 1 aliphatic heterocycles. The number of amides is 1. The average Bonchev–Trinajstić information content (AvgIpc) is 2.91. The summed E-state index contributed by atoms with van der Waals surface area (Å²) in [6.45, 7) is 1.57. The van der Waals surface area contributed by atoms with Crippen LogP contribution in [0.3, 0.4) is 0 Å². The minimum Gasteiger partial charge on any atom is -0.342 e. The van der Waals surface area contributed by atoms with Crippen LogP contribution in [0.5, 0.6) is 0 Å². The molecule has 0 aliphatic carbocycles. The van der Waals surface area contributed by atoms with Crippen molar-refractivity contribution >= 4 is 11.7 Å². The average molecular weight is 207 g/mol. The second kappa shape index (κ2) is 4.25. The predicted molar refractivity (Wildman–Crippen MR) is 53.3 cm³/mol. The number of carbonyl (C=O) groups is 2. The van der Waals surface area contributed by atoms with Crippen LogP contribution in [0.2, 0.25) is 0 Å². The maximum atomic E-state index is 11.6. The van der Waals surface area contributed by atoms with Crippen molar-refractivity contribution in [3.63, 3.8) is 0 Å². The Hall–Kier alpha value is -1.65. The Morgan fingerprint density at radius 2 is 2.13 bits per heavy atom. The number of H-pyrrole nitrogens is 1. The zero-order valence-corrected chi connectivity index (χ0v) is 8.40. The lowest BCUT2D eigenvalue weighted by Crippen LogP contribution is -2.29. The molecule has 5 nitrogen and oxygen atoms in total. The summed E-state index contributed by atoms with van der Waals surface area (Å²) in [5.74, 6) is -0.267. The second-order valence-electron chi connectivity index (χ2n) is 3.66. The van der Waals surface area contributed by atoms with E-state index in [1.165, 1.54) is 6.20 Å². The lowest BCUT2D eigenvalue weighted by Gasteiger charge is -2.13. The highest BCUT2D eigenvalue weighted by molar-refractivity contribution is 6.06. The van der Waals surface area contributed by atoms with Crippen LogP contribution in [-0.4, -0.2) is 39.9 Å². The molecule has 2 rings (SSSR count). The molecule has 1 aromatic heterocycles. The first-order chi connectivity index (χ1) is 7.27. The van der Waals surface area contributed by atoms with Gasteiger partial charge in [-0.3, -0.25) is 14.7 Å². The molecule has 0 spiro atoms. The summed E-state index contributed by atoms with van der Waals surface area (Å²) >= 11 is 0. The Bertz CT molecular complexity index is 353. The van der Waals surface area contributed by atoms with Gasteiger partial charge in [-0.25, -0.2) is 0 Å². The quantitative estimate of drug-likeness (QED) is 0.583. The standard InChI is InChI=1S/C10H13N3O2/c14-9(8-3-4-11-12-8)7-10(15)13-5-1-2-6-13/h3-4H,1-2,5-7H2,(H,11,12). The minimum atomic E-state index is -0.190. The summed E-state index contributed by atoms with van der Waals surface area (Å²) in [7, 11) is 0. The number of aromatic nitrogens is 2. The lowest BCUT2D eigenvalue weighted by molar-refractivity contribution is -0.129. The van der Waals surface area contributed by atoms with Crippen LogP contribution in [0.1, 0.15) is 29.8 Å². The number of hydrogen-bond donors (Lipinski definition) is 1. The number of aromatic amines is 1. The Morgan fingerprint density at radius 1 is 1.40 bits per heavy atom. The number of likely N-dealkylation sites (tertiary alicyclic amines) is 1. The van der Waals surface area contributed by atoms with Crippen LogP contribution in [-0.2, 0) is 4.79 Å². The summed E-state index contributed by atoms with van der Waals surface area (Å²) < 4.78 is 0. The highest BCUT2D eigenvalue weighted by Crippen LogP contribution is 2.10. The van der Waals surface area contributed by atoms with Gasteiger partial charge in [0.15, 0.2) is 5.78 Å². The van der Waals surface area contributed by atoms with Gasteiger partial charge in [0.2, 0.25) is 5.91 Å². The first kappa shape index (κ1) is 9.89. The normalized spacial score (nSPS) is 15.6. The molecule has 80 valence electrons. The fraction of sp³-hybridized carbons (Fsp3) is 0.500. The molecule has 1 aromatic rings. The van der Waals surface area contributed by atoms with E-state index in [0.29, 0.717) is 5.69 Å². The van der Waals surface area contributed by atoms with E-state index in [0.717, 1.165) is 25.9 Å². The van der Waals surface area contributed by atoms with Crippen molar-refractivity contribution in [2.75, 3.05) is 13.1 Å². The van der Waals surface area contributed by atoms with Crippen molar-refractivity contribution in [1.82, 2.24) is 15.1 Å². The predicted octanol–water partition coefficient (Wildman–Crippen LogP) is 0.605. The van der Waals surface area contributed by atoms with Crippen LogP contribution in [0.15, 0.2) is 12.3 Å². The molecule has 0 atom stereocenters. The van der Waals surface area contributed by atoms with Crippen molar-refractivity contribution in [1.29, 1.82) is 0 Å². The molecule has 0 radical (unpaired) electrons. The molecule has 2 heterocycles. The monoisotopic (exact) mass is 207 g/mol. The van der Waals surface area contributed by atoms with Crippen LogP contribution < -0.4 is 0 Å². The maximum Gasteiger partial charge on any atom is 0.230 e. The van der Waals surface area contributed by atoms with Gasteiger partial charge in [-0.2, -0.15) is 5.10 Å². The lowest BCUT2D eigenvalue weighted by atomic mass is 10.2. The summed E-state index contributed by atoms with van der Waals surface area (Å²) in [6.07, 6.45) is 3.55. The topological polar surface area (TPSA) is 66.1 Å². The molecule has 0 bridgehead atoms. The summed E-state index contributed by atoms with van der Waals surface area (Å²) in [5.41, 5.74) is 0.405. The maximum absolute atomic E-state index is 11.6. The minimum absolute atomic E-state index is 0.0534. The van der Waals surface area contributed by atoms with Crippen LogP contribution in [0.4, 0.5) is 0 Å². The molecule has 1 fully saturated rings. The van der Waals surface area contributed by atoms with E-state index < -0.39 is 0 Å². The highest BCUT2D eigenvalue weighted by Gasteiger charge is 2.21. The van der Waals surface area contributed by atoms with E-state index >= 15 is 0 Å². The van der Waals surface area contributed by atoms with Gasteiger partial charge >= 0.3 is 0 Å². The van der Waals surface area contributed by atoms with Gasteiger partial charge in [-0.15, -0.1) is 0 Å². The summed E-state index contributed by atoms with van der Waals surface area (Å²) in [4.78, 5) is 24.9. The SMILES string of the molecule is O=C(CC(=O)N1CCCC1)c1ccn[nH]1. The molecule has 15 heavy (non-hydrogen) atoms. The molecular weight excluding hydrogens is 194 g/mol. The molecule has 5 heteroatoms. The van der Waals surface area contributed by atoms with Crippen molar-refractivity contribution in [3.8, 4) is 0 Å². The van der Waals surface area contributed by atoms with Gasteiger partial charge < -0.3 is 4.90 Å². The summed E-state index contributed by atoms with van der Waals surface area (Å²) in [6, 6.07) is 1.58. The molecule has 0 saturated carbocycles. The Kier molecular flexibility index (Phi) is 2.80. The van der Waals surface area contributed by atoms with Crippen molar-refractivity contribution in [3.05, 3.63) is 18.0 Å². The van der Waals surface area contributed by atoms with Gasteiger partial charge in [-0.1, -0.05) is 0 Å². The third-order valence-electron chi connectivity index (χ3n) is 2.57. The Balaban J connectivity index is 1.91. The van der Waals surface area contributed by atoms with Crippen molar-refractivity contribution < 1.29 is 9.59 Å². The van der Waals surface area contributed by atoms with E-state index in [1.807, 2.05) is 0 Å². The van der Waals surface area contributed by atoms with Crippen LogP contribution in [0.25, 0.3) is 0 Å². The van der Waals surface area contributed by atoms with Gasteiger partial charge in [-0.05, 0) is 18.9 Å². The largest absolute Gasteiger partial charge is 0.342 e. The first-order valence-electron chi connectivity index (χ1n) is 5.08. The molecule has 0 aromatic carbocycles. The number of ketones is 1. The summed E-state index contributed by atoms with van der Waals surface area (Å²) in [5, 5.41) is 6.24. The van der Waals surface area contributed by atoms with E-state index in [2.05, 4.69) is 10.2 Å². The molecule has 1 N–H and O–H groups in total. The Labute approximate surface area is 87.5 Å². The molecule has 1 saturated heterocycles. The highest BCUT2D eigenvalue weighted by atomic mass is 16.2. The second-order valence-corrected chi connectivity index (χ2v) is 3.66. The molecule has 1 amide bonds. The third-order valence-corrected chi connectivity index (χ3v) is 2.57. The van der Waals surface area contributed by atoms with Gasteiger partial charge in [0.1, 0.15) is 5.69 Å². The molecular formula is C10H13N3O2. The smallest absolute Gasteiger partial charge is 0.230 e. The third kappa shape index (κ3) is 2.23. The Morgan fingerprint density at radius 3 is 2.73 bits per heavy atom. The van der Waals surface area contributed by atoms with Crippen LogP contribution >= 0.6 is 0 Å². The van der Waals surface area contributed by atoms with Gasteiger partial charge in [0.25, 0.3) is 0 Å². The number of nitrogens with zero attached hydrogens (tertiary/aromatic N) is 2. The van der Waals surface area contributed by atoms with Gasteiger partial charge in [0.05, 0.1) is 6.42 Å². The molecule has 0 unspecified atom stereocenters. The number of hydrogen-bond acceptors (Lipinski definition) is 3. The number of nitrogens with one attached hydrogen (secondary N) is 1. The number of carbonyl (C=O) groups excluding carboxylic acids is 2. The van der Waals surface area contributed by atoms with E-state index in [1.54, 1.807) is 11.0 Å². The first-order valence-corrected chi connectivity index (χ1v) is 5.08. The zero-order chi connectivity index (χ0) is 10.7. The van der Waals surface area contributed by atoms with Crippen molar-refractivity contribution in [2.45, 2.75) is 19.3 Å². The molecule has 1 aliphatic rings. The zero-order valence-electron chi connectivity index (χ0n) is 8.40. The van der Waals surface area contributed by atoms with E-state index in [4.69, 9.17) is 0 Å². The van der Waals surface area contributed by atoms with E-state index in [9.17, 15) is 9.59 Å². The van der Waals surface area contributed by atoms with Crippen LogP contribution in [0, 0.1) is 0 Å². The number of Topliss-reactive ketones (excluding diaryl/α,β-unsaturated/α-hetero) is 1. The fourth-order valence-corrected chi connectivity index (χ4v) is 1.72. The number of rotatable bonds is 3. The van der Waals surface area contributed by atoms with E-state index in [-0.39, 0.29) is 18.1 Å².